The number of aromatic amines is 1. The van der Waals surface area contributed by atoms with E-state index in [-0.39, 0.29) is 18.8 Å². The van der Waals surface area contributed by atoms with Crippen LogP contribution in [0.5, 0.6) is 0 Å². The molecule has 0 radical (unpaired) electrons. The van der Waals surface area contributed by atoms with E-state index in [1.807, 2.05) is 45.0 Å². The summed E-state index contributed by atoms with van der Waals surface area (Å²) in [6.07, 6.45) is 3.93. The highest BCUT2D eigenvalue weighted by Crippen LogP contribution is 2.24. The zero-order valence-corrected chi connectivity index (χ0v) is 50.0. The number of carbonyl (C=O) groups is 11. The van der Waals surface area contributed by atoms with Gasteiger partial charge in [-0.05, 0) is 103 Å². The molecule has 10 amide bonds. The number of carbonyl (C=O) groups excluding carboxylic acids is 11. The van der Waals surface area contributed by atoms with E-state index in [9.17, 15) is 52.7 Å². The van der Waals surface area contributed by atoms with Crippen LogP contribution in [0.3, 0.4) is 0 Å². The number of benzene rings is 1. The van der Waals surface area contributed by atoms with Crippen LogP contribution < -0.4 is 47.9 Å². The van der Waals surface area contributed by atoms with Crippen molar-refractivity contribution < 1.29 is 57.5 Å². The first-order valence-corrected chi connectivity index (χ1v) is 27.8. The van der Waals surface area contributed by atoms with Gasteiger partial charge in [0.2, 0.25) is 59.1 Å². The topological polar surface area (TPSA) is 324 Å². The summed E-state index contributed by atoms with van der Waals surface area (Å²) >= 11 is 0. The van der Waals surface area contributed by atoms with Crippen molar-refractivity contribution in [2.24, 2.45) is 23.7 Å². The maximum Gasteiger partial charge on any atom is 0.328 e. The molecule has 1 fully saturated rings. The van der Waals surface area contributed by atoms with Crippen LogP contribution in [0.2, 0.25) is 0 Å². The second kappa shape index (κ2) is 28.9. The minimum Gasteiger partial charge on any atom is -0.467 e. The molecular weight excluding hydrogens is 1030 g/mol. The summed E-state index contributed by atoms with van der Waals surface area (Å²) in [6, 6.07) is -0.221. The number of esters is 1. The van der Waals surface area contributed by atoms with Gasteiger partial charge in [-0.15, -0.1) is 0 Å². The third-order valence-electron chi connectivity index (χ3n) is 14.7. The van der Waals surface area contributed by atoms with Gasteiger partial charge in [-0.3, -0.25) is 47.9 Å². The van der Waals surface area contributed by atoms with Crippen molar-refractivity contribution in [3.8, 4) is 0 Å². The van der Waals surface area contributed by atoms with E-state index in [0.29, 0.717) is 32.2 Å². The largest absolute Gasteiger partial charge is 0.467 e. The SMILES string of the molecule is CCC(C)[C@H](NC(=O)[C@H](Cc1c[nH]c2ccccc12)NC(C)=O)C(=O)N[C@@H](C)C(=O)NC(C)(C)C(=O)N[C@H](C(=O)N[C@H](C(=O)NC(C)(C)C(=O)N[C@@H](CC(C)C)C(=O)NC(C)(C)C(=O)N1CCC[C@H]1C(=O)OC)C(C)C)C(C)CC. The predicted molar refractivity (Wildman–Crippen MR) is 302 cm³/mol. The van der Waals surface area contributed by atoms with Crippen molar-refractivity contribution >= 4 is 75.9 Å². The number of methoxy groups -OCH3 is 1. The van der Waals surface area contributed by atoms with Gasteiger partial charge in [-0.2, -0.15) is 0 Å². The Bertz CT molecular complexity index is 2570. The third-order valence-corrected chi connectivity index (χ3v) is 14.7. The summed E-state index contributed by atoms with van der Waals surface area (Å²) in [5, 5.41) is 25.3. The molecule has 446 valence electrons. The van der Waals surface area contributed by atoms with Gasteiger partial charge in [0, 0.05) is 37.0 Å². The summed E-state index contributed by atoms with van der Waals surface area (Å²) in [6.45, 7) is 25.9. The van der Waals surface area contributed by atoms with E-state index in [0.717, 1.165) is 16.5 Å². The second-order valence-corrected chi connectivity index (χ2v) is 23.7. The summed E-state index contributed by atoms with van der Waals surface area (Å²) in [5.41, 5.74) is -3.15. The normalized spacial score (nSPS) is 16.8. The molecular formula is C57H91N11O12. The average Bonchev–Trinajstić information content (AvgIpc) is 4.04. The highest BCUT2D eigenvalue weighted by atomic mass is 16.5. The number of H-pyrrole nitrogens is 1. The van der Waals surface area contributed by atoms with E-state index in [4.69, 9.17) is 4.74 Å². The predicted octanol–water partition coefficient (Wildman–Crippen LogP) is 2.30. The molecule has 0 aliphatic carbocycles. The molecule has 1 saturated heterocycles. The molecule has 1 aromatic carbocycles. The number of para-hydroxylation sites is 1. The highest BCUT2D eigenvalue weighted by Gasteiger charge is 2.44. The van der Waals surface area contributed by atoms with Crippen molar-refractivity contribution in [3.05, 3.63) is 36.0 Å². The molecule has 0 bridgehead atoms. The number of hydrogen-bond donors (Lipinski definition) is 10. The quantitative estimate of drug-likeness (QED) is 0.0549. The van der Waals surface area contributed by atoms with E-state index in [1.165, 1.54) is 67.4 Å². The van der Waals surface area contributed by atoms with Crippen molar-refractivity contribution in [1.29, 1.82) is 0 Å². The smallest absolute Gasteiger partial charge is 0.328 e. The molecule has 23 heteroatoms. The monoisotopic (exact) mass is 1120 g/mol. The summed E-state index contributed by atoms with van der Waals surface area (Å²) in [5.74, 6) is -8.65. The Labute approximate surface area is 471 Å². The van der Waals surface area contributed by atoms with Crippen LogP contribution in [0.15, 0.2) is 30.5 Å². The van der Waals surface area contributed by atoms with Crippen LogP contribution in [-0.2, 0) is 63.9 Å². The van der Waals surface area contributed by atoms with E-state index < -0.39 is 142 Å². The van der Waals surface area contributed by atoms with Crippen molar-refractivity contribution in [3.63, 3.8) is 0 Å². The van der Waals surface area contributed by atoms with Gasteiger partial charge < -0.3 is 62.5 Å². The Morgan fingerprint density at radius 2 is 1.15 bits per heavy atom. The van der Waals surface area contributed by atoms with Gasteiger partial charge in [-0.1, -0.05) is 86.4 Å². The van der Waals surface area contributed by atoms with Crippen LogP contribution >= 0.6 is 0 Å². The van der Waals surface area contributed by atoms with Crippen molar-refractivity contribution in [1.82, 2.24) is 57.7 Å². The Morgan fingerprint density at radius 3 is 1.70 bits per heavy atom. The number of rotatable bonds is 28. The summed E-state index contributed by atoms with van der Waals surface area (Å²) < 4.78 is 4.89. The van der Waals surface area contributed by atoms with Crippen molar-refractivity contribution in [2.45, 2.75) is 208 Å². The molecule has 10 N–H and O–H groups in total. The lowest BCUT2D eigenvalue weighted by atomic mass is 9.94. The summed E-state index contributed by atoms with van der Waals surface area (Å²) in [4.78, 5) is 154. The van der Waals surface area contributed by atoms with Gasteiger partial charge in [0.05, 0.1) is 7.11 Å². The van der Waals surface area contributed by atoms with Crippen LogP contribution in [0.1, 0.15) is 148 Å². The number of nitrogens with one attached hydrogen (secondary N) is 10. The second-order valence-electron chi connectivity index (χ2n) is 23.7. The zero-order chi connectivity index (χ0) is 60.8. The first-order valence-electron chi connectivity index (χ1n) is 27.8. The number of fused-ring (bicyclic) bond motifs is 1. The fourth-order valence-electron chi connectivity index (χ4n) is 9.26. The molecule has 23 nitrogen and oxygen atoms in total. The maximum absolute atomic E-state index is 14.2. The number of ether oxygens (including phenoxy) is 1. The number of aromatic nitrogens is 1. The molecule has 1 aromatic heterocycles. The third kappa shape index (κ3) is 18.2. The lowest BCUT2D eigenvalue weighted by Gasteiger charge is -2.35. The molecule has 2 heterocycles. The molecule has 2 aromatic rings. The van der Waals surface area contributed by atoms with Gasteiger partial charge in [-0.25, -0.2) is 4.79 Å². The Morgan fingerprint density at radius 1 is 0.625 bits per heavy atom. The Hall–Kier alpha value is -7.07. The summed E-state index contributed by atoms with van der Waals surface area (Å²) in [7, 11) is 1.24. The van der Waals surface area contributed by atoms with E-state index >= 15 is 0 Å². The van der Waals surface area contributed by atoms with Crippen LogP contribution in [0.4, 0.5) is 0 Å². The van der Waals surface area contributed by atoms with Crippen LogP contribution in [0, 0.1) is 23.7 Å². The number of hydrogen-bond acceptors (Lipinski definition) is 12. The fourth-order valence-corrected chi connectivity index (χ4v) is 9.26. The van der Waals surface area contributed by atoms with Crippen molar-refractivity contribution in [2.75, 3.05) is 13.7 Å². The number of amides is 10. The number of likely N-dealkylation sites (tertiary alicyclic amines) is 1. The Balaban J connectivity index is 1.70. The first kappa shape index (κ1) is 67.2. The molecule has 0 saturated carbocycles. The fraction of sp³-hybridized carbons (Fsp3) is 0.667. The van der Waals surface area contributed by atoms with Crippen LogP contribution in [0.25, 0.3) is 10.9 Å². The number of nitrogens with zero attached hydrogens (tertiary/aromatic N) is 1. The molecule has 80 heavy (non-hydrogen) atoms. The Kier molecular flexibility index (Phi) is 24.3. The van der Waals surface area contributed by atoms with E-state index in [2.05, 4.69) is 52.8 Å². The minimum atomic E-state index is -1.66. The molecule has 9 atom stereocenters. The highest BCUT2D eigenvalue weighted by molar-refractivity contribution is 6.01. The standard InChI is InChI=1S/C57H91N11O12/c1-18-32(7)43(63-46(71)40(60-35(10)69)28-36-29-58-38-24-21-20-23-37(36)38)48(73)59-34(9)45(70)65-56(13,14)53(78)64-44(33(8)19-2)49(74)62-42(31(5)6)50(75)67-55(11,12)52(77)61-39(27-30(3)4)47(72)66-57(15,16)54(79)68-26-22-25-41(68)51(76)80-17/h20-21,23-24,29-34,39-44,58H,18-19,22,25-28H2,1-17H3,(H,59,73)(H,60,69)(H,61,77)(H,62,74)(H,63,71)(H,64,78)(H,65,70)(H,66,72)(H,67,75)/t32?,33?,34-,39-,40-,41-,42-,43-,44-/m0/s1. The van der Waals surface area contributed by atoms with Crippen LogP contribution in [-0.4, -0.2) is 147 Å². The van der Waals surface area contributed by atoms with Gasteiger partial charge in [0.25, 0.3) is 0 Å². The van der Waals surface area contributed by atoms with Gasteiger partial charge >= 0.3 is 5.97 Å². The lowest BCUT2D eigenvalue weighted by Crippen LogP contribution is -2.65. The average molecular weight is 1120 g/mol. The maximum atomic E-state index is 14.2. The first-order chi connectivity index (χ1) is 37.1. The lowest BCUT2D eigenvalue weighted by molar-refractivity contribution is -0.153. The minimum absolute atomic E-state index is 0.0986. The molecule has 1 aliphatic heterocycles. The van der Waals surface area contributed by atoms with Gasteiger partial charge in [0.15, 0.2) is 0 Å². The van der Waals surface area contributed by atoms with E-state index in [1.54, 1.807) is 40.8 Å². The molecule has 3 rings (SSSR count). The van der Waals surface area contributed by atoms with Gasteiger partial charge in [0.1, 0.15) is 58.9 Å². The molecule has 0 spiro atoms. The molecule has 2 unspecified atom stereocenters. The molecule has 1 aliphatic rings. The zero-order valence-electron chi connectivity index (χ0n) is 50.0.